The third kappa shape index (κ3) is 8.04. The normalized spacial score (nSPS) is 20.4. The first-order chi connectivity index (χ1) is 17.3. The molecule has 1 aliphatic heterocycles. The average Bonchev–Trinajstić information content (AvgIpc) is 3.05. The van der Waals surface area contributed by atoms with Gasteiger partial charge in [0, 0.05) is 26.1 Å². The molecule has 1 fully saturated rings. The summed E-state index contributed by atoms with van der Waals surface area (Å²) >= 11 is 0. The Morgan fingerprint density at radius 2 is 1.65 bits per heavy atom. The highest BCUT2D eigenvalue weighted by Gasteiger charge is 2.38. The number of aldehydes is 1. The first kappa shape index (κ1) is 29.2. The summed E-state index contributed by atoms with van der Waals surface area (Å²) < 4.78 is 86.0. The van der Waals surface area contributed by atoms with E-state index in [-0.39, 0.29) is 18.0 Å². The van der Waals surface area contributed by atoms with Crippen molar-refractivity contribution in [2.24, 2.45) is 5.92 Å². The van der Waals surface area contributed by atoms with Gasteiger partial charge in [-0.2, -0.15) is 26.3 Å². The number of halogens is 6. The van der Waals surface area contributed by atoms with E-state index in [0.29, 0.717) is 57.0 Å². The molecule has 204 valence electrons. The zero-order valence-electron chi connectivity index (χ0n) is 21.1. The highest BCUT2D eigenvalue weighted by Crippen LogP contribution is 2.38. The predicted octanol–water partition coefficient (Wildman–Crippen LogP) is 7.11. The van der Waals surface area contributed by atoms with Crippen LogP contribution < -0.4 is 0 Å². The van der Waals surface area contributed by atoms with Crippen LogP contribution in [0, 0.1) is 5.92 Å². The molecule has 0 N–H and O–H groups in total. The molecule has 9 heteroatoms. The second-order valence-corrected chi connectivity index (χ2v) is 10.0. The van der Waals surface area contributed by atoms with Crippen LogP contribution in [0.2, 0.25) is 0 Å². The first-order valence-corrected chi connectivity index (χ1v) is 12.4. The van der Waals surface area contributed by atoms with Gasteiger partial charge in [-0.15, -0.1) is 0 Å². The number of carbonyl (C=O) groups excluding carboxylic acids is 1. The summed E-state index contributed by atoms with van der Waals surface area (Å²) in [6.45, 7) is 2.56. The molecule has 2 aromatic carbocycles. The Kier molecular flexibility index (Phi) is 9.45. The fraction of sp³-hybridized carbons (Fsp3) is 0.536. The van der Waals surface area contributed by atoms with Crippen LogP contribution in [0.5, 0.6) is 0 Å². The standard InChI is InChI=1S/C28H33F6NO2/c1-20(19-36)16-22-6-4-21(5-7-22)10-12-26(37-2)11-3-14-35(15-13-26)18-23-17-24(27(29,30)31)8-9-25(23)28(32,33)34/h4-9,17,19-20H,3,10-16,18H2,1-2H3. The minimum absolute atomic E-state index is 0.0420. The maximum absolute atomic E-state index is 13.5. The van der Waals surface area contributed by atoms with E-state index in [9.17, 15) is 31.1 Å². The minimum Gasteiger partial charge on any atom is -0.378 e. The van der Waals surface area contributed by atoms with Crippen LogP contribution in [0.1, 0.15) is 60.4 Å². The molecule has 0 bridgehead atoms. The number of likely N-dealkylation sites (tertiary alicyclic amines) is 1. The van der Waals surface area contributed by atoms with Crippen molar-refractivity contribution in [2.45, 2.75) is 69.9 Å². The van der Waals surface area contributed by atoms with E-state index >= 15 is 0 Å². The monoisotopic (exact) mass is 529 g/mol. The third-order valence-electron chi connectivity index (χ3n) is 7.24. The summed E-state index contributed by atoms with van der Waals surface area (Å²) in [5, 5.41) is 0. The van der Waals surface area contributed by atoms with Crippen molar-refractivity contribution in [1.82, 2.24) is 4.90 Å². The molecule has 0 spiro atoms. The van der Waals surface area contributed by atoms with Crippen molar-refractivity contribution in [2.75, 3.05) is 20.2 Å². The van der Waals surface area contributed by atoms with Gasteiger partial charge < -0.3 is 9.53 Å². The lowest BCUT2D eigenvalue weighted by Crippen LogP contribution is -2.34. The lowest BCUT2D eigenvalue weighted by Gasteiger charge is -2.32. The molecule has 0 saturated carbocycles. The van der Waals surface area contributed by atoms with Gasteiger partial charge in [0.25, 0.3) is 0 Å². The van der Waals surface area contributed by atoms with Crippen LogP contribution in [0.25, 0.3) is 0 Å². The Labute approximate surface area is 213 Å². The van der Waals surface area contributed by atoms with Crippen LogP contribution in [0.4, 0.5) is 26.3 Å². The van der Waals surface area contributed by atoms with Crippen LogP contribution in [-0.4, -0.2) is 37.0 Å². The molecule has 1 saturated heterocycles. The summed E-state index contributed by atoms with van der Waals surface area (Å²) in [5.41, 5.74) is -0.727. The molecule has 2 unspecified atom stereocenters. The van der Waals surface area contributed by atoms with Gasteiger partial charge in [-0.05, 0) is 80.0 Å². The molecular weight excluding hydrogens is 496 g/mol. The van der Waals surface area contributed by atoms with Crippen LogP contribution in [-0.2, 0) is 41.3 Å². The fourth-order valence-corrected chi connectivity index (χ4v) is 4.99. The van der Waals surface area contributed by atoms with Gasteiger partial charge in [0.15, 0.2) is 0 Å². The molecule has 0 aromatic heterocycles. The number of carbonyl (C=O) groups is 1. The fourth-order valence-electron chi connectivity index (χ4n) is 4.99. The number of methoxy groups -OCH3 is 1. The topological polar surface area (TPSA) is 29.5 Å². The van der Waals surface area contributed by atoms with Crippen molar-refractivity contribution in [3.8, 4) is 0 Å². The van der Waals surface area contributed by atoms with Crippen molar-refractivity contribution in [3.05, 3.63) is 70.3 Å². The smallest absolute Gasteiger partial charge is 0.378 e. The second kappa shape index (κ2) is 12.0. The SMILES string of the molecule is COC1(CCc2ccc(CC(C)C=O)cc2)CCCN(Cc2cc(C(F)(F)F)ccc2C(F)(F)F)CC1. The molecule has 2 atom stereocenters. The van der Waals surface area contributed by atoms with Crippen LogP contribution in [0.3, 0.4) is 0 Å². The molecule has 3 rings (SSSR count). The largest absolute Gasteiger partial charge is 0.416 e. The molecular formula is C28H33F6NO2. The summed E-state index contributed by atoms with van der Waals surface area (Å²) in [7, 11) is 1.63. The lowest BCUT2D eigenvalue weighted by atomic mass is 9.87. The van der Waals surface area contributed by atoms with E-state index in [4.69, 9.17) is 4.74 Å². The van der Waals surface area contributed by atoms with Gasteiger partial charge in [-0.25, -0.2) is 0 Å². The van der Waals surface area contributed by atoms with E-state index in [1.807, 2.05) is 31.2 Å². The second-order valence-electron chi connectivity index (χ2n) is 10.0. The number of alkyl halides is 6. The van der Waals surface area contributed by atoms with Gasteiger partial charge in [0.2, 0.25) is 0 Å². The van der Waals surface area contributed by atoms with Gasteiger partial charge in [-0.1, -0.05) is 31.2 Å². The summed E-state index contributed by atoms with van der Waals surface area (Å²) in [5.74, 6) is -0.0420. The number of hydrogen-bond acceptors (Lipinski definition) is 3. The quantitative estimate of drug-likeness (QED) is 0.256. The highest BCUT2D eigenvalue weighted by molar-refractivity contribution is 5.53. The van der Waals surface area contributed by atoms with E-state index in [0.717, 1.165) is 30.3 Å². The van der Waals surface area contributed by atoms with Gasteiger partial charge >= 0.3 is 12.4 Å². The van der Waals surface area contributed by atoms with E-state index in [1.54, 1.807) is 12.0 Å². The minimum atomic E-state index is -4.73. The van der Waals surface area contributed by atoms with Gasteiger partial charge in [-0.3, -0.25) is 4.90 Å². The maximum atomic E-state index is 13.5. The Bertz CT molecular complexity index is 1030. The molecule has 3 nitrogen and oxygen atoms in total. The summed E-state index contributed by atoms with van der Waals surface area (Å²) in [6, 6.07) is 9.72. The molecule has 0 amide bonds. The molecule has 2 aromatic rings. The van der Waals surface area contributed by atoms with Crippen molar-refractivity contribution >= 4 is 6.29 Å². The van der Waals surface area contributed by atoms with Gasteiger partial charge in [0.1, 0.15) is 6.29 Å². The molecule has 1 aliphatic rings. The van der Waals surface area contributed by atoms with E-state index in [1.165, 1.54) is 0 Å². The van der Waals surface area contributed by atoms with E-state index < -0.39 is 29.1 Å². The Morgan fingerprint density at radius 3 is 2.24 bits per heavy atom. The van der Waals surface area contributed by atoms with Crippen molar-refractivity contribution in [1.29, 1.82) is 0 Å². The van der Waals surface area contributed by atoms with Crippen molar-refractivity contribution < 1.29 is 35.9 Å². The maximum Gasteiger partial charge on any atom is 0.416 e. The number of ether oxygens (including phenoxy) is 1. The highest BCUT2D eigenvalue weighted by atomic mass is 19.4. The Hall–Kier alpha value is -2.39. The molecule has 0 aliphatic carbocycles. The summed E-state index contributed by atoms with van der Waals surface area (Å²) in [6.07, 6.45) is -4.41. The number of nitrogens with zero attached hydrogens (tertiary/aromatic N) is 1. The first-order valence-electron chi connectivity index (χ1n) is 12.4. The number of benzene rings is 2. The zero-order chi connectivity index (χ0) is 27.3. The van der Waals surface area contributed by atoms with Crippen LogP contribution in [0.15, 0.2) is 42.5 Å². The molecule has 1 heterocycles. The van der Waals surface area contributed by atoms with Gasteiger partial charge in [0.05, 0.1) is 16.7 Å². The van der Waals surface area contributed by atoms with Crippen LogP contribution >= 0.6 is 0 Å². The lowest BCUT2D eigenvalue weighted by molar-refractivity contribution is -0.142. The van der Waals surface area contributed by atoms with Crippen molar-refractivity contribution in [3.63, 3.8) is 0 Å². The molecule has 0 radical (unpaired) electrons. The van der Waals surface area contributed by atoms with E-state index in [2.05, 4.69) is 0 Å². The predicted molar refractivity (Wildman–Crippen MR) is 129 cm³/mol. The molecule has 37 heavy (non-hydrogen) atoms. The number of hydrogen-bond donors (Lipinski definition) is 0. The third-order valence-corrected chi connectivity index (χ3v) is 7.24. The zero-order valence-corrected chi connectivity index (χ0v) is 21.1. The Morgan fingerprint density at radius 1 is 0.973 bits per heavy atom. The summed E-state index contributed by atoms with van der Waals surface area (Å²) in [4.78, 5) is 12.7. The number of aryl methyl sites for hydroxylation is 1. The Balaban J connectivity index is 1.67. The average molecular weight is 530 g/mol. The number of rotatable bonds is 9.